The lowest BCUT2D eigenvalue weighted by Gasteiger charge is -2.35. The molecule has 0 aliphatic carbocycles. The van der Waals surface area contributed by atoms with Crippen LogP contribution in [0.1, 0.15) is 10.4 Å². The van der Waals surface area contributed by atoms with Crippen molar-refractivity contribution in [3.8, 4) is 11.5 Å². The summed E-state index contributed by atoms with van der Waals surface area (Å²) in [6, 6.07) is 15.3. The number of pyridine rings is 1. The maximum Gasteiger partial charge on any atom is 0.254 e. The number of ether oxygens (including phenoxy) is 2. The molecule has 28 heavy (non-hydrogen) atoms. The number of carbonyl (C=O) groups is 1. The van der Waals surface area contributed by atoms with Gasteiger partial charge in [-0.1, -0.05) is 35.9 Å². The third-order valence-corrected chi connectivity index (χ3v) is 5.48. The third-order valence-electron chi connectivity index (χ3n) is 5.19. The lowest BCUT2D eigenvalue weighted by Crippen LogP contribution is -2.49. The second kappa shape index (κ2) is 6.87. The molecular weight excluding hydrogens is 378 g/mol. The Morgan fingerprint density at radius 2 is 1.75 bits per heavy atom. The first kappa shape index (κ1) is 17.1. The van der Waals surface area contributed by atoms with Gasteiger partial charge in [-0.2, -0.15) is 0 Å². The Hall–Kier alpha value is -2.99. The molecule has 3 heterocycles. The van der Waals surface area contributed by atoms with E-state index in [9.17, 15) is 4.79 Å². The number of halogens is 1. The Morgan fingerprint density at radius 1 is 0.964 bits per heavy atom. The first-order chi connectivity index (χ1) is 13.7. The summed E-state index contributed by atoms with van der Waals surface area (Å²) in [6.07, 6.45) is 0. The van der Waals surface area contributed by atoms with E-state index in [1.54, 1.807) is 18.2 Å². The number of piperazine rings is 1. The minimum Gasteiger partial charge on any atom is -0.454 e. The molecular formula is C21H18ClN3O3. The van der Waals surface area contributed by atoms with E-state index < -0.39 is 0 Å². The largest absolute Gasteiger partial charge is 0.454 e. The zero-order valence-electron chi connectivity index (χ0n) is 15.1. The van der Waals surface area contributed by atoms with Crippen molar-refractivity contribution in [3.63, 3.8) is 0 Å². The van der Waals surface area contributed by atoms with Crippen LogP contribution in [0.4, 0.5) is 5.82 Å². The third kappa shape index (κ3) is 2.99. The second-order valence-electron chi connectivity index (χ2n) is 6.84. The van der Waals surface area contributed by atoms with Crippen LogP contribution < -0.4 is 14.4 Å². The number of hydrogen-bond acceptors (Lipinski definition) is 5. The van der Waals surface area contributed by atoms with Crippen LogP contribution in [0, 0.1) is 0 Å². The van der Waals surface area contributed by atoms with Crippen molar-refractivity contribution in [3.05, 3.63) is 59.2 Å². The summed E-state index contributed by atoms with van der Waals surface area (Å²) in [7, 11) is 0. The van der Waals surface area contributed by atoms with Gasteiger partial charge in [-0.25, -0.2) is 4.98 Å². The van der Waals surface area contributed by atoms with E-state index in [0.29, 0.717) is 48.4 Å². The van der Waals surface area contributed by atoms with Crippen molar-refractivity contribution in [2.75, 3.05) is 37.9 Å². The standard InChI is InChI=1S/C21H18ClN3O3/c22-20-16-4-2-1-3-14(16)12-19(23-20)24-7-9-25(10-8-24)21(26)15-5-6-17-18(11-15)28-13-27-17/h1-6,11-12H,7-10,13H2. The Bertz CT molecular complexity index is 1060. The number of aromatic nitrogens is 1. The van der Waals surface area contributed by atoms with E-state index in [2.05, 4.69) is 16.0 Å². The number of anilines is 1. The molecule has 142 valence electrons. The van der Waals surface area contributed by atoms with Crippen LogP contribution in [0.5, 0.6) is 11.5 Å². The minimum atomic E-state index is 0.00227. The first-order valence-electron chi connectivity index (χ1n) is 9.18. The molecule has 0 radical (unpaired) electrons. The highest BCUT2D eigenvalue weighted by Gasteiger charge is 2.25. The number of amides is 1. The predicted molar refractivity (Wildman–Crippen MR) is 107 cm³/mol. The van der Waals surface area contributed by atoms with Crippen LogP contribution >= 0.6 is 11.6 Å². The summed E-state index contributed by atoms with van der Waals surface area (Å²) >= 11 is 6.36. The van der Waals surface area contributed by atoms with Crippen LogP contribution in [0.25, 0.3) is 10.8 Å². The lowest BCUT2D eigenvalue weighted by atomic mass is 10.1. The quantitative estimate of drug-likeness (QED) is 0.621. The summed E-state index contributed by atoms with van der Waals surface area (Å²) in [5.41, 5.74) is 0.615. The van der Waals surface area contributed by atoms with Crippen molar-refractivity contribution >= 4 is 34.1 Å². The Balaban J connectivity index is 1.30. The fraction of sp³-hybridized carbons (Fsp3) is 0.238. The summed E-state index contributed by atoms with van der Waals surface area (Å²) in [5, 5.41) is 2.52. The van der Waals surface area contributed by atoms with Crippen LogP contribution in [0.2, 0.25) is 5.15 Å². The molecule has 0 N–H and O–H groups in total. The Kier molecular flexibility index (Phi) is 4.20. The van der Waals surface area contributed by atoms with Gasteiger partial charge in [0.15, 0.2) is 11.5 Å². The van der Waals surface area contributed by atoms with Crippen molar-refractivity contribution in [1.29, 1.82) is 0 Å². The van der Waals surface area contributed by atoms with Crippen molar-refractivity contribution < 1.29 is 14.3 Å². The van der Waals surface area contributed by atoms with E-state index in [0.717, 1.165) is 16.6 Å². The highest BCUT2D eigenvalue weighted by molar-refractivity contribution is 6.34. The molecule has 7 heteroatoms. The smallest absolute Gasteiger partial charge is 0.254 e. The predicted octanol–water partition coefficient (Wildman–Crippen LogP) is 3.58. The molecule has 1 amide bonds. The molecule has 1 fully saturated rings. The van der Waals surface area contributed by atoms with Gasteiger partial charge in [0.05, 0.1) is 0 Å². The van der Waals surface area contributed by atoms with Crippen LogP contribution in [-0.2, 0) is 0 Å². The first-order valence-corrected chi connectivity index (χ1v) is 9.56. The van der Waals surface area contributed by atoms with Gasteiger partial charge < -0.3 is 19.3 Å². The van der Waals surface area contributed by atoms with Crippen molar-refractivity contribution in [2.45, 2.75) is 0 Å². The van der Waals surface area contributed by atoms with Gasteiger partial charge >= 0.3 is 0 Å². The van der Waals surface area contributed by atoms with E-state index in [4.69, 9.17) is 21.1 Å². The SMILES string of the molecule is O=C(c1ccc2c(c1)OCO2)N1CCN(c2cc3ccccc3c(Cl)n2)CC1. The van der Waals surface area contributed by atoms with Gasteiger partial charge in [0.2, 0.25) is 6.79 Å². The fourth-order valence-corrected chi connectivity index (χ4v) is 3.91. The molecule has 5 rings (SSSR count). The molecule has 1 saturated heterocycles. The molecule has 0 bridgehead atoms. The lowest BCUT2D eigenvalue weighted by molar-refractivity contribution is 0.0746. The number of fused-ring (bicyclic) bond motifs is 2. The zero-order valence-corrected chi connectivity index (χ0v) is 15.9. The summed E-state index contributed by atoms with van der Waals surface area (Å²) in [5.74, 6) is 2.15. The Morgan fingerprint density at radius 3 is 2.61 bits per heavy atom. The number of nitrogens with zero attached hydrogens (tertiary/aromatic N) is 3. The Labute approximate surface area is 167 Å². The van der Waals surface area contributed by atoms with Crippen LogP contribution in [-0.4, -0.2) is 48.8 Å². The highest BCUT2D eigenvalue weighted by Crippen LogP contribution is 2.33. The van der Waals surface area contributed by atoms with Gasteiger partial charge in [0, 0.05) is 37.1 Å². The average molecular weight is 396 g/mol. The molecule has 2 aliphatic rings. The van der Waals surface area contributed by atoms with Crippen molar-refractivity contribution in [2.24, 2.45) is 0 Å². The normalized spacial score (nSPS) is 15.9. The number of carbonyl (C=O) groups excluding carboxylic acids is 1. The van der Waals surface area contributed by atoms with Gasteiger partial charge in [-0.15, -0.1) is 0 Å². The molecule has 0 unspecified atom stereocenters. The zero-order chi connectivity index (χ0) is 19.1. The molecule has 3 aromatic rings. The van der Waals surface area contributed by atoms with Crippen LogP contribution in [0.3, 0.4) is 0 Å². The van der Waals surface area contributed by atoms with E-state index >= 15 is 0 Å². The van der Waals surface area contributed by atoms with Crippen LogP contribution in [0.15, 0.2) is 48.5 Å². The highest BCUT2D eigenvalue weighted by atomic mass is 35.5. The van der Waals surface area contributed by atoms with Gasteiger partial charge in [0.25, 0.3) is 5.91 Å². The molecule has 6 nitrogen and oxygen atoms in total. The summed E-state index contributed by atoms with van der Waals surface area (Å²) in [6.45, 7) is 2.86. The number of benzene rings is 2. The molecule has 0 spiro atoms. The monoisotopic (exact) mass is 395 g/mol. The fourth-order valence-electron chi connectivity index (χ4n) is 3.66. The van der Waals surface area contributed by atoms with Gasteiger partial charge in [-0.3, -0.25) is 4.79 Å². The molecule has 0 saturated carbocycles. The molecule has 1 aromatic heterocycles. The van der Waals surface area contributed by atoms with Crippen molar-refractivity contribution in [1.82, 2.24) is 9.88 Å². The van der Waals surface area contributed by atoms with Gasteiger partial charge in [-0.05, 0) is 29.7 Å². The summed E-state index contributed by atoms with van der Waals surface area (Å²) in [4.78, 5) is 21.4. The summed E-state index contributed by atoms with van der Waals surface area (Å²) < 4.78 is 10.7. The topological polar surface area (TPSA) is 54.9 Å². The van der Waals surface area contributed by atoms with E-state index in [1.165, 1.54) is 0 Å². The number of rotatable bonds is 2. The maximum atomic E-state index is 12.8. The van der Waals surface area contributed by atoms with Gasteiger partial charge in [0.1, 0.15) is 11.0 Å². The van der Waals surface area contributed by atoms with E-state index in [1.807, 2.05) is 29.2 Å². The minimum absolute atomic E-state index is 0.00227. The maximum absolute atomic E-state index is 12.8. The second-order valence-corrected chi connectivity index (χ2v) is 7.20. The molecule has 2 aliphatic heterocycles. The molecule has 0 atom stereocenters. The van der Waals surface area contributed by atoms with E-state index in [-0.39, 0.29) is 12.7 Å². The average Bonchev–Trinajstić information content (AvgIpc) is 3.21. The number of hydrogen-bond donors (Lipinski definition) is 0. The molecule has 2 aromatic carbocycles.